The van der Waals surface area contributed by atoms with Gasteiger partial charge < -0.3 is 4.42 Å². The predicted octanol–water partition coefficient (Wildman–Crippen LogP) is 6.00. The molecule has 0 fully saturated rings. The molecule has 0 saturated heterocycles. The molecule has 2 aromatic heterocycles. The summed E-state index contributed by atoms with van der Waals surface area (Å²) in [4.78, 5) is 17.9. The molecule has 5 heteroatoms. The van der Waals surface area contributed by atoms with E-state index in [1.165, 1.54) is 16.9 Å². The zero-order chi connectivity index (χ0) is 20.5. The minimum Gasteiger partial charge on any atom is -0.451 e. The molecule has 5 aromatic rings. The maximum atomic E-state index is 12.9. The monoisotopic (exact) mass is 410 g/mol. The summed E-state index contributed by atoms with van der Waals surface area (Å²) < 4.78 is 7.72. The van der Waals surface area contributed by atoms with Crippen LogP contribution in [0.2, 0.25) is 0 Å². The normalized spacial score (nSPS) is 11.8. The number of amides is 1. The van der Waals surface area contributed by atoms with Crippen LogP contribution in [0, 0.1) is 6.92 Å². The molecule has 5 rings (SSSR count). The highest BCUT2D eigenvalue weighted by Gasteiger charge is 2.14. The van der Waals surface area contributed by atoms with E-state index in [0.29, 0.717) is 10.4 Å². The number of hydrogen-bond donors (Lipinski definition) is 0. The molecule has 0 aliphatic heterocycles. The van der Waals surface area contributed by atoms with Crippen LogP contribution in [0.3, 0.4) is 0 Å². The summed E-state index contributed by atoms with van der Waals surface area (Å²) in [5.74, 6) is -0.158. The van der Waals surface area contributed by atoms with Crippen LogP contribution in [0.25, 0.3) is 27.9 Å². The fraction of sp³-hybridized carbons (Fsp3) is 0.0400. The van der Waals surface area contributed by atoms with Crippen molar-refractivity contribution in [2.24, 2.45) is 4.99 Å². The largest absolute Gasteiger partial charge is 0.451 e. The first-order valence-electron chi connectivity index (χ1n) is 9.60. The number of furan rings is 1. The Morgan fingerprint density at radius 2 is 1.67 bits per heavy atom. The molecule has 0 saturated carbocycles. The minimum atomic E-state index is -0.395. The van der Waals surface area contributed by atoms with E-state index in [0.717, 1.165) is 22.3 Å². The number of fused-ring (bicyclic) bond motifs is 1. The molecule has 0 aliphatic rings. The van der Waals surface area contributed by atoms with E-state index in [1.54, 1.807) is 6.07 Å². The van der Waals surface area contributed by atoms with Crippen molar-refractivity contribution in [1.82, 2.24) is 4.57 Å². The summed E-state index contributed by atoms with van der Waals surface area (Å²) >= 11 is 1.43. The van der Waals surface area contributed by atoms with Gasteiger partial charge in [-0.05, 0) is 36.8 Å². The number of thiazole rings is 1. The summed E-state index contributed by atoms with van der Waals surface area (Å²) in [5.41, 5.74) is 4.86. The van der Waals surface area contributed by atoms with E-state index in [9.17, 15) is 4.79 Å². The Morgan fingerprint density at radius 3 is 2.43 bits per heavy atom. The topological polar surface area (TPSA) is 47.5 Å². The van der Waals surface area contributed by atoms with Crippen molar-refractivity contribution < 1.29 is 9.21 Å². The Morgan fingerprint density at radius 1 is 0.933 bits per heavy atom. The zero-order valence-electron chi connectivity index (χ0n) is 16.3. The van der Waals surface area contributed by atoms with Gasteiger partial charge in [0, 0.05) is 16.5 Å². The molecule has 0 spiro atoms. The van der Waals surface area contributed by atoms with Crippen molar-refractivity contribution in [3.8, 4) is 16.9 Å². The Balaban J connectivity index is 1.66. The Hall–Kier alpha value is -3.70. The number of aromatic nitrogens is 1. The van der Waals surface area contributed by atoms with Crippen LogP contribution in [0.5, 0.6) is 0 Å². The van der Waals surface area contributed by atoms with E-state index in [4.69, 9.17) is 4.42 Å². The van der Waals surface area contributed by atoms with Crippen LogP contribution in [-0.2, 0) is 0 Å². The van der Waals surface area contributed by atoms with E-state index < -0.39 is 5.91 Å². The highest BCUT2D eigenvalue weighted by atomic mass is 32.1. The third kappa shape index (κ3) is 3.40. The molecular weight excluding hydrogens is 392 g/mol. The lowest BCUT2D eigenvalue weighted by molar-refractivity contribution is 0.0974. The first-order valence-corrected chi connectivity index (χ1v) is 10.5. The molecule has 30 heavy (non-hydrogen) atoms. The highest BCUT2D eigenvalue weighted by molar-refractivity contribution is 7.07. The average molecular weight is 410 g/mol. The van der Waals surface area contributed by atoms with Gasteiger partial charge in [0.05, 0.1) is 5.69 Å². The van der Waals surface area contributed by atoms with Crippen molar-refractivity contribution in [1.29, 1.82) is 0 Å². The smallest absolute Gasteiger partial charge is 0.315 e. The van der Waals surface area contributed by atoms with E-state index in [2.05, 4.69) is 36.2 Å². The van der Waals surface area contributed by atoms with Gasteiger partial charge >= 0.3 is 5.91 Å². The molecule has 1 amide bonds. The number of nitrogens with zero attached hydrogens (tertiary/aromatic N) is 2. The lowest BCUT2D eigenvalue weighted by atomic mass is 10.1. The quantitative estimate of drug-likeness (QED) is 0.366. The zero-order valence-corrected chi connectivity index (χ0v) is 17.1. The molecule has 0 unspecified atom stereocenters. The van der Waals surface area contributed by atoms with Crippen LogP contribution >= 0.6 is 11.3 Å². The number of hydrogen-bond acceptors (Lipinski definition) is 3. The predicted molar refractivity (Wildman–Crippen MR) is 120 cm³/mol. The van der Waals surface area contributed by atoms with Crippen LogP contribution in [-0.4, -0.2) is 10.5 Å². The van der Waals surface area contributed by atoms with E-state index in [1.807, 2.05) is 64.5 Å². The Labute approximate surface area is 177 Å². The summed E-state index contributed by atoms with van der Waals surface area (Å²) in [6.45, 7) is 2.05. The molecule has 0 bridgehead atoms. The second-order valence-corrected chi connectivity index (χ2v) is 7.84. The van der Waals surface area contributed by atoms with Crippen molar-refractivity contribution in [2.45, 2.75) is 6.92 Å². The second kappa shape index (κ2) is 7.61. The standard InChI is InChI=1S/C25H18N2O2S/c1-17-11-13-20(14-12-17)27-21(18-7-3-2-4-8-18)16-30-25(27)26-24(28)23-15-19-9-5-6-10-22(19)29-23/h2-16H,1H3. The third-order valence-corrected chi connectivity index (χ3v) is 5.73. The molecule has 0 aliphatic carbocycles. The molecular formula is C25H18N2O2S. The molecule has 0 N–H and O–H groups in total. The van der Waals surface area contributed by atoms with Gasteiger partial charge in [-0.15, -0.1) is 11.3 Å². The number of benzene rings is 3. The fourth-order valence-corrected chi connectivity index (χ4v) is 4.28. The second-order valence-electron chi connectivity index (χ2n) is 7.01. The van der Waals surface area contributed by atoms with Crippen LogP contribution in [0.1, 0.15) is 16.1 Å². The first kappa shape index (κ1) is 18.3. The summed E-state index contributed by atoms with van der Waals surface area (Å²) in [5, 5.41) is 2.92. The average Bonchev–Trinajstić information content (AvgIpc) is 3.39. The van der Waals surface area contributed by atoms with Crippen molar-refractivity contribution in [3.63, 3.8) is 0 Å². The van der Waals surface area contributed by atoms with Gasteiger partial charge in [0.15, 0.2) is 10.6 Å². The maximum Gasteiger partial charge on any atom is 0.315 e. The van der Waals surface area contributed by atoms with Gasteiger partial charge in [0.2, 0.25) is 0 Å². The van der Waals surface area contributed by atoms with Crippen LogP contribution in [0.15, 0.2) is 99.7 Å². The summed E-state index contributed by atoms with van der Waals surface area (Å²) in [6.07, 6.45) is 0. The summed E-state index contributed by atoms with van der Waals surface area (Å²) in [7, 11) is 0. The van der Waals surface area contributed by atoms with Crippen molar-refractivity contribution >= 4 is 28.2 Å². The van der Waals surface area contributed by atoms with Gasteiger partial charge in [-0.1, -0.05) is 66.2 Å². The number of carbonyl (C=O) groups excluding carboxylic acids is 1. The highest BCUT2D eigenvalue weighted by Crippen LogP contribution is 2.24. The van der Waals surface area contributed by atoms with Gasteiger partial charge in [0.25, 0.3) is 0 Å². The molecule has 2 heterocycles. The molecule has 3 aromatic carbocycles. The fourth-order valence-electron chi connectivity index (χ4n) is 3.37. The maximum absolute atomic E-state index is 12.9. The van der Waals surface area contributed by atoms with Crippen molar-refractivity contribution in [3.05, 3.63) is 106 Å². The molecule has 0 atom stereocenters. The lowest BCUT2D eigenvalue weighted by Gasteiger charge is -2.09. The van der Waals surface area contributed by atoms with Gasteiger partial charge in [-0.2, -0.15) is 4.99 Å². The van der Waals surface area contributed by atoms with Gasteiger partial charge in [-0.25, -0.2) is 0 Å². The van der Waals surface area contributed by atoms with Crippen LogP contribution < -0.4 is 4.80 Å². The van der Waals surface area contributed by atoms with Gasteiger partial charge in [-0.3, -0.25) is 9.36 Å². The van der Waals surface area contributed by atoms with Gasteiger partial charge in [0.1, 0.15) is 5.58 Å². The Kier molecular flexibility index (Phi) is 4.65. The van der Waals surface area contributed by atoms with E-state index in [-0.39, 0.29) is 5.76 Å². The third-order valence-electron chi connectivity index (χ3n) is 4.90. The molecule has 146 valence electrons. The molecule has 4 nitrogen and oxygen atoms in total. The summed E-state index contributed by atoms with van der Waals surface area (Å²) in [6, 6.07) is 27.6. The molecule has 0 radical (unpaired) electrons. The number of para-hydroxylation sites is 1. The lowest BCUT2D eigenvalue weighted by Crippen LogP contribution is -2.16. The number of carbonyl (C=O) groups is 1. The van der Waals surface area contributed by atoms with Crippen molar-refractivity contribution in [2.75, 3.05) is 0 Å². The Bertz CT molecular complexity index is 1370. The number of aryl methyl sites for hydroxylation is 1. The first-order chi connectivity index (χ1) is 14.7. The SMILES string of the molecule is Cc1ccc(-n2c(-c3ccccc3)csc2=NC(=O)c2cc3ccccc3o2)cc1. The number of rotatable bonds is 3. The van der Waals surface area contributed by atoms with Crippen LogP contribution in [0.4, 0.5) is 0 Å². The van der Waals surface area contributed by atoms with E-state index >= 15 is 0 Å². The minimum absolute atomic E-state index is 0.237.